The molecule has 0 unspecified atom stereocenters. The molecule has 0 saturated heterocycles. The van der Waals surface area contributed by atoms with Gasteiger partial charge < -0.3 is 10.1 Å². The maximum Gasteiger partial charge on any atom is 0.330 e. The lowest BCUT2D eigenvalue weighted by Crippen LogP contribution is -2.02. The number of ether oxygens (including phenoxy) is 1. The molecule has 0 bridgehead atoms. The normalized spacial score (nSPS) is 11.2. The van der Waals surface area contributed by atoms with Crippen molar-refractivity contribution in [3.05, 3.63) is 66.1 Å². The van der Waals surface area contributed by atoms with Gasteiger partial charge in [-0.05, 0) is 30.7 Å². The highest BCUT2D eigenvalue weighted by Crippen LogP contribution is 2.29. The number of H-pyrrole nitrogens is 1. The van der Waals surface area contributed by atoms with E-state index in [1.807, 2.05) is 53.9 Å². The van der Waals surface area contributed by atoms with Gasteiger partial charge in [-0.2, -0.15) is 5.10 Å². The molecule has 0 aliphatic rings. The molecule has 0 aliphatic carbocycles. The van der Waals surface area contributed by atoms with Crippen molar-refractivity contribution in [2.75, 3.05) is 12.4 Å². The summed E-state index contributed by atoms with van der Waals surface area (Å²) in [7, 11) is 1.35. The average Bonchev–Trinajstić information content (AvgIpc) is 3.36. The first-order valence-electron chi connectivity index (χ1n) is 8.78. The zero-order valence-corrected chi connectivity index (χ0v) is 16.6. The number of carbonyl (C=O) groups excluding carboxylic acids is 1. The van der Waals surface area contributed by atoms with Crippen molar-refractivity contribution in [2.45, 2.75) is 16.8 Å². The Morgan fingerprint density at radius 3 is 2.83 bits per heavy atom. The summed E-state index contributed by atoms with van der Waals surface area (Å²) in [5.74, 6) is 0.938. The summed E-state index contributed by atoms with van der Waals surface area (Å²) in [6.45, 7) is 1.94. The molecule has 3 aromatic heterocycles. The summed E-state index contributed by atoms with van der Waals surface area (Å²) in [6.07, 6.45) is 6.68. The first-order valence-corrected chi connectivity index (χ1v) is 9.59. The third kappa shape index (κ3) is 4.46. The Labute approximate surface area is 171 Å². The van der Waals surface area contributed by atoms with E-state index in [-0.39, 0.29) is 5.97 Å². The average molecular weight is 406 g/mol. The van der Waals surface area contributed by atoms with E-state index in [0.29, 0.717) is 11.8 Å². The van der Waals surface area contributed by atoms with Gasteiger partial charge in [0.25, 0.3) is 0 Å². The first-order chi connectivity index (χ1) is 14.1. The summed E-state index contributed by atoms with van der Waals surface area (Å²) in [5, 5.41) is 11.1. The number of methoxy groups -OCH3 is 1. The smallest absolute Gasteiger partial charge is 0.330 e. The van der Waals surface area contributed by atoms with Crippen LogP contribution in [0.5, 0.6) is 0 Å². The minimum Gasteiger partial charge on any atom is -0.466 e. The largest absolute Gasteiger partial charge is 0.466 e. The SMILES string of the molecule is COC(=O)/C=C/c1ccc(Sc2cc3nccn3c(Nc3cc(C)[nH]n3)n2)cc1. The van der Waals surface area contributed by atoms with E-state index in [0.717, 1.165) is 26.8 Å². The number of hydrogen-bond donors (Lipinski definition) is 2. The fourth-order valence-electron chi connectivity index (χ4n) is 2.64. The van der Waals surface area contributed by atoms with Crippen LogP contribution in [0.1, 0.15) is 11.3 Å². The minimum atomic E-state index is -0.382. The van der Waals surface area contributed by atoms with Crippen molar-refractivity contribution >= 4 is 41.2 Å². The maximum atomic E-state index is 11.2. The van der Waals surface area contributed by atoms with E-state index >= 15 is 0 Å². The fraction of sp³-hybridized carbons (Fsp3) is 0.100. The Balaban J connectivity index is 1.56. The molecule has 4 aromatic rings. The molecule has 0 amide bonds. The van der Waals surface area contributed by atoms with E-state index in [9.17, 15) is 4.79 Å². The van der Waals surface area contributed by atoms with Crippen molar-refractivity contribution < 1.29 is 9.53 Å². The first kappa shape index (κ1) is 18.8. The van der Waals surface area contributed by atoms with Crippen molar-refractivity contribution in [3.8, 4) is 0 Å². The highest BCUT2D eigenvalue weighted by atomic mass is 32.2. The Morgan fingerprint density at radius 2 is 2.10 bits per heavy atom. The third-order valence-corrected chi connectivity index (χ3v) is 4.95. The molecule has 29 heavy (non-hydrogen) atoms. The standard InChI is InChI=1S/C20H18N6O2S/c1-13-11-16(25-24-13)22-20-23-18(12-17-21-9-10-26(17)20)29-15-6-3-14(4-7-15)5-8-19(27)28-2/h3-12H,1-2H3,(H2,22,23,24,25)/b8-5+. The maximum absolute atomic E-state index is 11.2. The molecule has 9 heteroatoms. The van der Waals surface area contributed by atoms with Gasteiger partial charge >= 0.3 is 5.97 Å². The Morgan fingerprint density at radius 1 is 1.28 bits per heavy atom. The van der Waals surface area contributed by atoms with E-state index in [1.165, 1.54) is 24.9 Å². The lowest BCUT2D eigenvalue weighted by atomic mass is 10.2. The Hall–Kier alpha value is -3.59. The number of anilines is 2. The predicted molar refractivity (Wildman–Crippen MR) is 111 cm³/mol. The molecule has 3 heterocycles. The molecule has 0 radical (unpaired) electrons. The van der Waals surface area contributed by atoms with Crippen LogP contribution in [-0.2, 0) is 9.53 Å². The molecule has 4 rings (SSSR count). The van der Waals surface area contributed by atoms with Crippen LogP contribution < -0.4 is 5.32 Å². The van der Waals surface area contributed by atoms with Gasteiger partial charge in [-0.3, -0.25) is 9.50 Å². The van der Waals surface area contributed by atoms with Crippen LogP contribution in [0.2, 0.25) is 0 Å². The third-order valence-electron chi connectivity index (χ3n) is 4.03. The van der Waals surface area contributed by atoms with Crippen LogP contribution in [0.25, 0.3) is 11.7 Å². The monoisotopic (exact) mass is 406 g/mol. The van der Waals surface area contributed by atoms with Crippen molar-refractivity contribution in [1.29, 1.82) is 0 Å². The van der Waals surface area contributed by atoms with Crippen LogP contribution in [-0.4, -0.2) is 37.6 Å². The van der Waals surface area contributed by atoms with Gasteiger partial charge in [0.05, 0.1) is 7.11 Å². The summed E-state index contributed by atoms with van der Waals surface area (Å²) >= 11 is 1.52. The zero-order chi connectivity index (χ0) is 20.2. The number of benzene rings is 1. The number of aromatic nitrogens is 5. The molecule has 0 spiro atoms. The van der Waals surface area contributed by atoms with Crippen LogP contribution in [0.15, 0.2) is 64.8 Å². The summed E-state index contributed by atoms with van der Waals surface area (Å²) in [5.41, 5.74) is 2.66. The van der Waals surface area contributed by atoms with Crippen molar-refractivity contribution in [3.63, 3.8) is 0 Å². The topological polar surface area (TPSA) is 97.2 Å². The molecule has 146 valence electrons. The second kappa shape index (κ2) is 8.19. The van der Waals surface area contributed by atoms with Crippen LogP contribution in [0, 0.1) is 6.92 Å². The highest BCUT2D eigenvalue weighted by molar-refractivity contribution is 7.99. The molecule has 0 fully saturated rings. The van der Waals surface area contributed by atoms with E-state index in [2.05, 4.69) is 25.2 Å². The lowest BCUT2D eigenvalue weighted by molar-refractivity contribution is -0.134. The number of nitrogens with zero attached hydrogens (tertiary/aromatic N) is 4. The van der Waals surface area contributed by atoms with E-state index in [4.69, 9.17) is 4.98 Å². The molecule has 1 aromatic carbocycles. The molecule has 0 aliphatic heterocycles. The molecule has 0 saturated carbocycles. The van der Waals surface area contributed by atoms with Crippen molar-refractivity contribution in [2.24, 2.45) is 0 Å². The second-order valence-corrected chi connectivity index (χ2v) is 7.26. The number of nitrogens with one attached hydrogen (secondary N) is 2. The van der Waals surface area contributed by atoms with E-state index in [1.54, 1.807) is 12.3 Å². The Kier molecular flexibility index (Phi) is 5.30. The number of aromatic amines is 1. The number of rotatable bonds is 6. The fourth-order valence-corrected chi connectivity index (χ4v) is 3.45. The number of esters is 1. The number of imidazole rings is 1. The van der Waals surface area contributed by atoms with Crippen LogP contribution >= 0.6 is 11.8 Å². The quantitative estimate of drug-likeness (QED) is 0.285. The van der Waals surface area contributed by atoms with Gasteiger partial charge in [0.2, 0.25) is 5.95 Å². The van der Waals surface area contributed by atoms with E-state index < -0.39 is 0 Å². The van der Waals surface area contributed by atoms with Gasteiger partial charge in [-0.1, -0.05) is 23.9 Å². The van der Waals surface area contributed by atoms with Crippen LogP contribution in [0.4, 0.5) is 11.8 Å². The second-order valence-electron chi connectivity index (χ2n) is 6.16. The van der Waals surface area contributed by atoms with Gasteiger partial charge in [-0.25, -0.2) is 14.8 Å². The van der Waals surface area contributed by atoms with Gasteiger partial charge in [0.15, 0.2) is 5.82 Å². The number of hydrogen-bond acceptors (Lipinski definition) is 7. The highest BCUT2D eigenvalue weighted by Gasteiger charge is 2.10. The Bertz CT molecular complexity index is 1180. The summed E-state index contributed by atoms with van der Waals surface area (Å²) in [6, 6.07) is 11.6. The number of aryl methyl sites for hydroxylation is 1. The summed E-state index contributed by atoms with van der Waals surface area (Å²) < 4.78 is 6.47. The summed E-state index contributed by atoms with van der Waals surface area (Å²) in [4.78, 5) is 21.3. The molecule has 8 nitrogen and oxygen atoms in total. The van der Waals surface area contributed by atoms with Gasteiger partial charge in [0.1, 0.15) is 10.7 Å². The molecule has 2 N–H and O–H groups in total. The molecule has 0 atom stereocenters. The zero-order valence-electron chi connectivity index (χ0n) is 15.8. The molecular formula is C20H18N6O2S. The molecular weight excluding hydrogens is 388 g/mol. The number of fused-ring (bicyclic) bond motifs is 1. The lowest BCUT2D eigenvalue weighted by Gasteiger charge is -2.08. The van der Waals surface area contributed by atoms with Gasteiger partial charge in [0, 0.05) is 41.2 Å². The van der Waals surface area contributed by atoms with Crippen LogP contribution in [0.3, 0.4) is 0 Å². The van der Waals surface area contributed by atoms with Crippen molar-refractivity contribution in [1.82, 2.24) is 24.6 Å². The minimum absolute atomic E-state index is 0.382. The number of carbonyl (C=O) groups is 1. The predicted octanol–water partition coefficient (Wildman–Crippen LogP) is 3.84. The van der Waals surface area contributed by atoms with Gasteiger partial charge in [-0.15, -0.1) is 0 Å².